The third-order valence-electron chi connectivity index (χ3n) is 3.75. The quantitative estimate of drug-likeness (QED) is 0.685. The molecule has 2 aliphatic heterocycles. The molecule has 4 nitrogen and oxygen atoms in total. The Labute approximate surface area is 98.3 Å². The van der Waals surface area contributed by atoms with Crippen LogP contribution < -0.4 is 4.90 Å². The molecule has 0 radical (unpaired) electrons. The normalized spacial score (nSPS) is 24.4. The number of anilines is 1. The molecule has 86 valence electrons. The highest BCUT2D eigenvalue weighted by Gasteiger charge is 2.45. The van der Waals surface area contributed by atoms with Crippen LogP contribution in [-0.4, -0.2) is 40.8 Å². The summed E-state index contributed by atoms with van der Waals surface area (Å²) in [7, 11) is 2.81. The largest absolute Gasteiger partial charge is 0.340 e. The van der Waals surface area contributed by atoms with E-state index in [4.69, 9.17) is 0 Å². The number of piperidine rings is 1. The minimum absolute atomic E-state index is 0.548. The Balaban J connectivity index is 1.62. The predicted octanol–water partition coefficient (Wildman–Crippen LogP) is 1.17. The van der Waals surface area contributed by atoms with Gasteiger partial charge in [0.25, 0.3) is 0 Å². The van der Waals surface area contributed by atoms with Crippen molar-refractivity contribution in [3.63, 3.8) is 0 Å². The first-order chi connectivity index (χ1) is 7.77. The van der Waals surface area contributed by atoms with E-state index in [0.717, 1.165) is 19.0 Å². The highest BCUT2D eigenvalue weighted by Crippen LogP contribution is 2.41. The van der Waals surface area contributed by atoms with E-state index in [9.17, 15) is 0 Å². The Morgan fingerprint density at radius 1 is 1.12 bits per heavy atom. The van der Waals surface area contributed by atoms with E-state index in [-0.39, 0.29) is 0 Å². The van der Waals surface area contributed by atoms with Crippen molar-refractivity contribution in [2.24, 2.45) is 5.41 Å². The average molecular weight is 236 g/mol. The molecule has 5 heteroatoms. The molecule has 2 saturated heterocycles. The topological polar surface area (TPSA) is 32.3 Å². The smallest absolute Gasteiger partial charge is 0.225 e. The number of aromatic nitrogens is 2. The van der Waals surface area contributed by atoms with Gasteiger partial charge < -0.3 is 4.90 Å². The molecule has 1 atom stereocenters. The highest BCUT2D eigenvalue weighted by atomic mass is 31.0. The van der Waals surface area contributed by atoms with Crippen molar-refractivity contribution >= 4 is 15.3 Å². The highest BCUT2D eigenvalue weighted by molar-refractivity contribution is 7.13. The van der Waals surface area contributed by atoms with Gasteiger partial charge in [-0.3, -0.25) is 4.67 Å². The van der Waals surface area contributed by atoms with Crippen molar-refractivity contribution in [1.82, 2.24) is 14.6 Å². The van der Waals surface area contributed by atoms with Crippen molar-refractivity contribution in [1.29, 1.82) is 0 Å². The van der Waals surface area contributed by atoms with E-state index < -0.39 is 0 Å². The maximum Gasteiger partial charge on any atom is 0.225 e. The van der Waals surface area contributed by atoms with Crippen LogP contribution in [-0.2, 0) is 0 Å². The number of nitrogens with zero attached hydrogens (tertiary/aromatic N) is 4. The van der Waals surface area contributed by atoms with E-state index in [2.05, 4.69) is 28.9 Å². The standard InChI is InChI=1S/C11H17N4P/c16-15-6-2-11(3-7-15)8-14(9-11)10-12-4-1-5-13-10/h1,4-5H,2-3,6-9,16H2. The van der Waals surface area contributed by atoms with Crippen LogP contribution in [0.3, 0.4) is 0 Å². The lowest BCUT2D eigenvalue weighted by molar-refractivity contribution is 0.117. The summed E-state index contributed by atoms with van der Waals surface area (Å²) < 4.78 is 2.34. The summed E-state index contributed by atoms with van der Waals surface area (Å²) in [5.74, 6) is 0.890. The molecule has 0 N–H and O–H groups in total. The summed E-state index contributed by atoms with van der Waals surface area (Å²) in [4.78, 5) is 10.9. The van der Waals surface area contributed by atoms with Gasteiger partial charge >= 0.3 is 0 Å². The van der Waals surface area contributed by atoms with Gasteiger partial charge in [0.05, 0.1) is 0 Å². The minimum Gasteiger partial charge on any atom is -0.340 e. The summed E-state index contributed by atoms with van der Waals surface area (Å²) in [6.45, 7) is 4.67. The van der Waals surface area contributed by atoms with Gasteiger partial charge in [0, 0.05) is 44.0 Å². The second-order valence-corrected chi connectivity index (χ2v) is 5.67. The SMILES string of the molecule is PN1CCC2(CC1)CN(c1ncccn1)C2. The molecule has 0 aliphatic carbocycles. The maximum absolute atomic E-state index is 4.29. The summed E-state index contributed by atoms with van der Waals surface area (Å²) in [6.07, 6.45) is 6.25. The zero-order valence-electron chi connectivity index (χ0n) is 9.34. The first-order valence-corrected chi connectivity index (χ1v) is 6.31. The maximum atomic E-state index is 4.29. The van der Waals surface area contributed by atoms with Crippen molar-refractivity contribution < 1.29 is 0 Å². The van der Waals surface area contributed by atoms with Crippen LogP contribution in [0, 0.1) is 5.41 Å². The van der Waals surface area contributed by atoms with Crippen molar-refractivity contribution in [2.75, 3.05) is 31.1 Å². The Bertz CT molecular complexity index is 354. The third kappa shape index (κ3) is 1.80. The van der Waals surface area contributed by atoms with E-state index in [1.54, 1.807) is 0 Å². The summed E-state index contributed by atoms with van der Waals surface area (Å²) in [5.41, 5.74) is 0.548. The molecule has 2 fully saturated rings. The molecule has 0 saturated carbocycles. The van der Waals surface area contributed by atoms with Crippen LogP contribution in [0.2, 0.25) is 0 Å². The fraction of sp³-hybridized carbons (Fsp3) is 0.636. The van der Waals surface area contributed by atoms with Gasteiger partial charge in [-0.1, -0.05) is 9.39 Å². The lowest BCUT2D eigenvalue weighted by atomic mass is 9.72. The van der Waals surface area contributed by atoms with Crippen LogP contribution in [0.15, 0.2) is 18.5 Å². The summed E-state index contributed by atoms with van der Waals surface area (Å²) >= 11 is 0. The Hall–Kier alpha value is -0.730. The average Bonchev–Trinajstić information content (AvgIpc) is 2.29. The van der Waals surface area contributed by atoms with Crippen molar-refractivity contribution in [3.8, 4) is 0 Å². The molecule has 1 aromatic rings. The molecule has 0 aromatic carbocycles. The molecule has 3 heterocycles. The molecule has 1 aromatic heterocycles. The molecule has 1 spiro atoms. The van der Waals surface area contributed by atoms with E-state index in [1.807, 2.05) is 18.5 Å². The van der Waals surface area contributed by atoms with Crippen LogP contribution >= 0.6 is 9.39 Å². The van der Waals surface area contributed by atoms with Gasteiger partial charge in [0.15, 0.2) is 0 Å². The predicted molar refractivity (Wildman–Crippen MR) is 67.2 cm³/mol. The second kappa shape index (κ2) is 3.94. The zero-order valence-corrected chi connectivity index (χ0v) is 10.5. The van der Waals surface area contributed by atoms with Gasteiger partial charge in [-0.2, -0.15) is 0 Å². The van der Waals surface area contributed by atoms with Gasteiger partial charge in [0.2, 0.25) is 5.95 Å². The third-order valence-corrected chi connectivity index (χ3v) is 4.26. The first kappa shape index (κ1) is 10.4. The molecule has 0 amide bonds. The monoisotopic (exact) mass is 236 g/mol. The fourth-order valence-electron chi connectivity index (χ4n) is 2.67. The number of hydrogen-bond donors (Lipinski definition) is 0. The molecule has 1 unspecified atom stereocenters. The molecule has 16 heavy (non-hydrogen) atoms. The van der Waals surface area contributed by atoms with E-state index in [0.29, 0.717) is 5.41 Å². The zero-order chi connectivity index (χ0) is 11.0. The Kier molecular flexibility index (Phi) is 2.56. The fourth-order valence-corrected chi connectivity index (χ4v) is 2.93. The van der Waals surface area contributed by atoms with Crippen LogP contribution in [0.4, 0.5) is 5.95 Å². The number of hydrogen-bond acceptors (Lipinski definition) is 4. The van der Waals surface area contributed by atoms with Crippen LogP contribution in [0.1, 0.15) is 12.8 Å². The second-order valence-electron chi connectivity index (χ2n) is 4.94. The van der Waals surface area contributed by atoms with Gasteiger partial charge in [-0.05, 0) is 18.9 Å². The molecular weight excluding hydrogens is 219 g/mol. The van der Waals surface area contributed by atoms with Crippen LogP contribution in [0.25, 0.3) is 0 Å². The van der Waals surface area contributed by atoms with Gasteiger partial charge in [0.1, 0.15) is 0 Å². The molecule has 2 aliphatic rings. The number of rotatable bonds is 1. The molecule has 3 rings (SSSR count). The summed E-state index contributed by atoms with van der Waals surface area (Å²) in [5, 5.41) is 0. The summed E-state index contributed by atoms with van der Waals surface area (Å²) in [6, 6.07) is 1.87. The Morgan fingerprint density at radius 3 is 2.38 bits per heavy atom. The van der Waals surface area contributed by atoms with Crippen molar-refractivity contribution in [2.45, 2.75) is 12.8 Å². The lowest BCUT2D eigenvalue weighted by Crippen LogP contribution is -2.60. The van der Waals surface area contributed by atoms with E-state index >= 15 is 0 Å². The van der Waals surface area contributed by atoms with E-state index in [1.165, 1.54) is 25.9 Å². The van der Waals surface area contributed by atoms with Crippen molar-refractivity contribution in [3.05, 3.63) is 18.5 Å². The first-order valence-electron chi connectivity index (χ1n) is 5.79. The minimum atomic E-state index is 0.548. The molecule has 0 bridgehead atoms. The van der Waals surface area contributed by atoms with Gasteiger partial charge in [-0.15, -0.1) is 0 Å². The van der Waals surface area contributed by atoms with Crippen LogP contribution in [0.5, 0.6) is 0 Å². The lowest BCUT2D eigenvalue weighted by Gasteiger charge is -2.53. The Morgan fingerprint density at radius 2 is 1.75 bits per heavy atom. The molecular formula is C11H17N4P. The van der Waals surface area contributed by atoms with Gasteiger partial charge in [-0.25, -0.2) is 9.97 Å².